The average molecular weight is 256 g/mol. The molecule has 0 fully saturated rings. The highest BCUT2D eigenvalue weighted by atomic mass is 19.1. The van der Waals surface area contributed by atoms with Gasteiger partial charge in [-0.15, -0.1) is 0 Å². The molecular formula is C11H13FN2O4. The summed E-state index contributed by atoms with van der Waals surface area (Å²) >= 11 is 0. The molecule has 98 valence electrons. The van der Waals surface area contributed by atoms with Gasteiger partial charge in [0.1, 0.15) is 0 Å². The number of hydrogen-bond acceptors (Lipinski definition) is 5. The molecule has 0 radical (unpaired) electrons. The normalized spacial score (nSPS) is 10.1. The predicted molar refractivity (Wildman–Crippen MR) is 61.4 cm³/mol. The number of nitro benzene ring substituents is 1. The predicted octanol–water partition coefficient (Wildman–Crippen LogP) is 1.39. The maximum Gasteiger partial charge on any atom is 0.319 e. The number of benzene rings is 1. The van der Waals surface area contributed by atoms with E-state index in [0.29, 0.717) is 12.2 Å². The van der Waals surface area contributed by atoms with E-state index in [2.05, 4.69) is 10.1 Å². The fraction of sp³-hybridized carbons (Fsp3) is 0.364. The Morgan fingerprint density at radius 1 is 1.56 bits per heavy atom. The second-order valence-electron chi connectivity index (χ2n) is 3.45. The minimum Gasteiger partial charge on any atom is -0.465 e. The van der Waals surface area contributed by atoms with Crippen molar-refractivity contribution in [3.63, 3.8) is 0 Å². The third kappa shape index (κ3) is 4.10. The SMILES string of the molecule is CCOC(=O)CNCc1ccc([N+](=O)[O-])c(F)c1. The van der Waals surface area contributed by atoms with Crippen LogP contribution in [0, 0.1) is 15.9 Å². The Balaban J connectivity index is 2.51. The molecule has 0 aliphatic carbocycles. The molecule has 0 atom stereocenters. The van der Waals surface area contributed by atoms with E-state index in [1.165, 1.54) is 6.07 Å². The molecule has 0 saturated heterocycles. The molecule has 1 aromatic rings. The summed E-state index contributed by atoms with van der Waals surface area (Å²) in [6.07, 6.45) is 0. The van der Waals surface area contributed by atoms with Crippen LogP contribution in [0.2, 0.25) is 0 Å². The standard InChI is InChI=1S/C11H13FN2O4/c1-2-18-11(15)7-13-6-8-3-4-10(14(16)17)9(12)5-8/h3-5,13H,2,6-7H2,1H3. The van der Waals surface area contributed by atoms with Crippen LogP contribution in [-0.4, -0.2) is 24.0 Å². The van der Waals surface area contributed by atoms with E-state index in [4.69, 9.17) is 0 Å². The number of hydrogen-bond donors (Lipinski definition) is 1. The topological polar surface area (TPSA) is 81.5 Å². The number of esters is 1. The summed E-state index contributed by atoms with van der Waals surface area (Å²) in [6.45, 7) is 2.23. The van der Waals surface area contributed by atoms with Gasteiger partial charge in [-0.25, -0.2) is 0 Å². The highest BCUT2D eigenvalue weighted by Crippen LogP contribution is 2.17. The lowest BCUT2D eigenvalue weighted by Crippen LogP contribution is -2.24. The zero-order valence-electron chi connectivity index (χ0n) is 9.81. The van der Waals surface area contributed by atoms with E-state index < -0.39 is 22.4 Å². The highest BCUT2D eigenvalue weighted by Gasteiger charge is 2.13. The van der Waals surface area contributed by atoms with Gasteiger partial charge in [0, 0.05) is 12.6 Å². The van der Waals surface area contributed by atoms with Crippen LogP contribution in [0.5, 0.6) is 0 Å². The van der Waals surface area contributed by atoms with Gasteiger partial charge in [-0.2, -0.15) is 4.39 Å². The van der Waals surface area contributed by atoms with Crippen molar-refractivity contribution < 1.29 is 18.8 Å². The van der Waals surface area contributed by atoms with Crippen molar-refractivity contribution in [2.24, 2.45) is 0 Å². The first kappa shape index (κ1) is 14.0. The van der Waals surface area contributed by atoms with E-state index in [0.717, 1.165) is 12.1 Å². The van der Waals surface area contributed by atoms with Crippen LogP contribution >= 0.6 is 0 Å². The quantitative estimate of drug-likeness (QED) is 0.472. The Kier molecular flexibility index (Phi) is 5.19. The summed E-state index contributed by atoms with van der Waals surface area (Å²) < 4.78 is 17.9. The smallest absolute Gasteiger partial charge is 0.319 e. The Hall–Kier alpha value is -2.02. The van der Waals surface area contributed by atoms with Crippen LogP contribution in [0.1, 0.15) is 12.5 Å². The first-order valence-corrected chi connectivity index (χ1v) is 5.33. The van der Waals surface area contributed by atoms with Crippen LogP contribution in [0.3, 0.4) is 0 Å². The maximum atomic E-state index is 13.2. The van der Waals surface area contributed by atoms with Gasteiger partial charge in [0.2, 0.25) is 5.82 Å². The lowest BCUT2D eigenvalue weighted by atomic mass is 10.2. The maximum absolute atomic E-state index is 13.2. The molecule has 18 heavy (non-hydrogen) atoms. The van der Waals surface area contributed by atoms with Crippen molar-refractivity contribution in [3.05, 3.63) is 39.7 Å². The summed E-state index contributed by atoms with van der Waals surface area (Å²) in [5.41, 5.74) is -0.0495. The Bertz CT molecular complexity index is 451. The molecule has 1 N–H and O–H groups in total. The molecular weight excluding hydrogens is 243 g/mol. The second kappa shape index (κ2) is 6.65. The highest BCUT2D eigenvalue weighted by molar-refractivity contribution is 5.71. The van der Waals surface area contributed by atoms with E-state index in [1.807, 2.05) is 0 Å². The summed E-state index contributed by atoms with van der Waals surface area (Å²) in [5.74, 6) is -1.30. The van der Waals surface area contributed by atoms with Gasteiger partial charge in [0.25, 0.3) is 0 Å². The molecule has 7 heteroatoms. The van der Waals surface area contributed by atoms with E-state index in [-0.39, 0.29) is 13.1 Å². The van der Waals surface area contributed by atoms with Crippen LogP contribution in [0.4, 0.5) is 10.1 Å². The fourth-order valence-electron chi connectivity index (χ4n) is 1.33. The molecule has 0 aliphatic rings. The monoisotopic (exact) mass is 256 g/mol. The van der Waals surface area contributed by atoms with Crippen LogP contribution in [0.25, 0.3) is 0 Å². The van der Waals surface area contributed by atoms with E-state index >= 15 is 0 Å². The molecule has 0 aliphatic heterocycles. The van der Waals surface area contributed by atoms with E-state index in [9.17, 15) is 19.3 Å². The third-order valence-corrected chi connectivity index (χ3v) is 2.11. The molecule has 1 aromatic carbocycles. The van der Waals surface area contributed by atoms with Crippen molar-refractivity contribution in [2.45, 2.75) is 13.5 Å². The Morgan fingerprint density at radius 2 is 2.28 bits per heavy atom. The molecule has 0 amide bonds. The van der Waals surface area contributed by atoms with Crippen LogP contribution in [-0.2, 0) is 16.1 Å². The van der Waals surface area contributed by atoms with Gasteiger partial charge in [0.15, 0.2) is 0 Å². The molecule has 6 nitrogen and oxygen atoms in total. The van der Waals surface area contributed by atoms with Crippen molar-refractivity contribution in [1.82, 2.24) is 5.32 Å². The second-order valence-corrected chi connectivity index (χ2v) is 3.45. The molecule has 0 bridgehead atoms. The van der Waals surface area contributed by atoms with Gasteiger partial charge in [-0.1, -0.05) is 6.07 Å². The molecule has 0 unspecified atom stereocenters. The van der Waals surface area contributed by atoms with Gasteiger partial charge in [-0.3, -0.25) is 14.9 Å². The zero-order valence-corrected chi connectivity index (χ0v) is 9.81. The summed E-state index contributed by atoms with van der Waals surface area (Å²) in [5, 5.41) is 13.1. The fourth-order valence-corrected chi connectivity index (χ4v) is 1.33. The van der Waals surface area contributed by atoms with Gasteiger partial charge in [-0.05, 0) is 18.6 Å². The number of carbonyl (C=O) groups is 1. The van der Waals surface area contributed by atoms with Crippen LogP contribution < -0.4 is 5.32 Å². The van der Waals surface area contributed by atoms with Gasteiger partial charge >= 0.3 is 11.7 Å². The number of nitrogens with zero attached hydrogens (tertiary/aromatic N) is 1. The third-order valence-electron chi connectivity index (χ3n) is 2.11. The molecule has 0 spiro atoms. The minimum atomic E-state index is -0.893. The summed E-state index contributed by atoms with van der Waals surface area (Å²) in [6, 6.07) is 3.59. The van der Waals surface area contributed by atoms with Crippen molar-refractivity contribution in [3.8, 4) is 0 Å². The summed E-state index contributed by atoms with van der Waals surface area (Å²) in [4.78, 5) is 20.6. The Labute approximate surface area is 103 Å². The zero-order chi connectivity index (χ0) is 13.5. The van der Waals surface area contributed by atoms with Gasteiger partial charge < -0.3 is 10.1 Å². The molecule has 0 saturated carbocycles. The molecule has 1 rings (SSSR count). The minimum absolute atomic E-state index is 0.00640. The number of rotatable bonds is 6. The lowest BCUT2D eigenvalue weighted by molar-refractivity contribution is -0.387. The number of nitrogens with one attached hydrogen (secondary N) is 1. The van der Waals surface area contributed by atoms with Crippen molar-refractivity contribution in [2.75, 3.05) is 13.2 Å². The van der Waals surface area contributed by atoms with E-state index in [1.54, 1.807) is 6.92 Å². The number of carbonyl (C=O) groups excluding carboxylic acids is 1. The summed E-state index contributed by atoms with van der Waals surface area (Å²) in [7, 11) is 0. The largest absolute Gasteiger partial charge is 0.465 e. The molecule has 0 heterocycles. The first-order valence-electron chi connectivity index (χ1n) is 5.33. The lowest BCUT2D eigenvalue weighted by Gasteiger charge is -2.05. The average Bonchev–Trinajstić information content (AvgIpc) is 2.29. The number of ether oxygens (including phenoxy) is 1. The van der Waals surface area contributed by atoms with Crippen LogP contribution in [0.15, 0.2) is 18.2 Å². The molecule has 0 aromatic heterocycles. The van der Waals surface area contributed by atoms with Crippen molar-refractivity contribution >= 4 is 11.7 Å². The van der Waals surface area contributed by atoms with Gasteiger partial charge in [0.05, 0.1) is 18.1 Å². The number of halogens is 1. The number of nitro groups is 1. The van der Waals surface area contributed by atoms with Crippen molar-refractivity contribution in [1.29, 1.82) is 0 Å². The first-order chi connectivity index (χ1) is 8.54. The Morgan fingerprint density at radius 3 is 2.83 bits per heavy atom.